The number of hydrogen-bond donors (Lipinski definition) is 2. The van der Waals surface area contributed by atoms with Crippen molar-refractivity contribution in [1.29, 1.82) is 0 Å². The maximum absolute atomic E-state index is 11.5. The van der Waals surface area contributed by atoms with E-state index in [1.165, 1.54) is 0 Å². The van der Waals surface area contributed by atoms with Gasteiger partial charge in [-0.2, -0.15) is 0 Å². The lowest BCUT2D eigenvalue weighted by atomic mass is 10.0. The first-order valence-corrected chi connectivity index (χ1v) is 4.60. The van der Waals surface area contributed by atoms with Crippen LogP contribution in [0.4, 0.5) is 0 Å². The van der Waals surface area contributed by atoms with Crippen LogP contribution in [0.15, 0.2) is 24.3 Å². The van der Waals surface area contributed by atoms with Crippen molar-refractivity contribution >= 4 is 18.2 Å². The zero-order valence-corrected chi connectivity index (χ0v) is 9.46. The molecule has 1 aromatic carbocycles. The lowest BCUT2D eigenvalue weighted by molar-refractivity contribution is 0.0961. The van der Waals surface area contributed by atoms with Crippen LogP contribution in [0, 0.1) is 6.92 Å². The smallest absolute Gasteiger partial charge is 0.164 e. The van der Waals surface area contributed by atoms with E-state index in [9.17, 15) is 4.79 Å². The predicted molar refractivity (Wildman–Crippen MR) is 62.4 cm³/mol. The average molecular weight is 230 g/mol. The number of ketones is 1. The standard InChI is InChI=1S/C11H15NO2.ClH/c1-8-2-4-9(5-3-8)11(14)6-10(12)7-13;/h2-5,10,13H,6-7,12H2,1H3;1H. The van der Waals surface area contributed by atoms with Gasteiger partial charge in [0.15, 0.2) is 5.78 Å². The normalized spacial score (nSPS) is 11.7. The maximum Gasteiger partial charge on any atom is 0.164 e. The molecule has 0 aromatic heterocycles. The molecule has 0 amide bonds. The minimum absolute atomic E-state index is 0. The van der Waals surface area contributed by atoms with Gasteiger partial charge in [-0.25, -0.2) is 0 Å². The van der Waals surface area contributed by atoms with Crippen molar-refractivity contribution in [2.75, 3.05) is 6.61 Å². The van der Waals surface area contributed by atoms with E-state index >= 15 is 0 Å². The molecule has 0 saturated carbocycles. The first-order valence-electron chi connectivity index (χ1n) is 4.60. The lowest BCUT2D eigenvalue weighted by Gasteiger charge is -2.06. The van der Waals surface area contributed by atoms with Gasteiger partial charge in [0.1, 0.15) is 0 Å². The van der Waals surface area contributed by atoms with Crippen molar-refractivity contribution in [3.8, 4) is 0 Å². The molecular weight excluding hydrogens is 214 g/mol. The third-order valence-corrected chi connectivity index (χ3v) is 2.06. The average Bonchev–Trinajstić information content (AvgIpc) is 2.18. The van der Waals surface area contributed by atoms with Crippen molar-refractivity contribution < 1.29 is 9.90 Å². The number of hydrogen-bond acceptors (Lipinski definition) is 3. The molecular formula is C11H16ClNO2. The van der Waals surface area contributed by atoms with Gasteiger partial charge in [0.25, 0.3) is 0 Å². The minimum atomic E-state index is -0.455. The van der Waals surface area contributed by atoms with Crippen molar-refractivity contribution in [2.45, 2.75) is 19.4 Å². The fourth-order valence-corrected chi connectivity index (χ4v) is 1.16. The molecule has 0 aliphatic carbocycles. The van der Waals surface area contributed by atoms with Crippen LogP contribution >= 0.6 is 12.4 Å². The number of carbonyl (C=O) groups excluding carboxylic acids is 1. The van der Waals surface area contributed by atoms with Gasteiger partial charge in [0.2, 0.25) is 0 Å². The van der Waals surface area contributed by atoms with E-state index in [2.05, 4.69) is 0 Å². The van der Waals surface area contributed by atoms with E-state index in [0.29, 0.717) is 5.56 Å². The fraction of sp³-hybridized carbons (Fsp3) is 0.364. The van der Waals surface area contributed by atoms with E-state index in [0.717, 1.165) is 5.56 Å². The van der Waals surface area contributed by atoms with E-state index < -0.39 is 6.04 Å². The van der Waals surface area contributed by atoms with Crippen LogP contribution in [0.25, 0.3) is 0 Å². The van der Waals surface area contributed by atoms with Crippen LogP contribution in [0.3, 0.4) is 0 Å². The lowest BCUT2D eigenvalue weighted by Crippen LogP contribution is -2.27. The number of rotatable bonds is 4. The zero-order valence-electron chi connectivity index (χ0n) is 8.64. The summed E-state index contributed by atoms with van der Waals surface area (Å²) in [7, 11) is 0. The molecule has 0 bridgehead atoms. The highest BCUT2D eigenvalue weighted by molar-refractivity contribution is 5.96. The molecule has 0 heterocycles. The van der Waals surface area contributed by atoms with Crippen molar-refractivity contribution in [1.82, 2.24) is 0 Å². The highest BCUT2D eigenvalue weighted by Crippen LogP contribution is 2.06. The third kappa shape index (κ3) is 4.42. The second-order valence-electron chi connectivity index (χ2n) is 3.44. The summed E-state index contributed by atoms with van der Waals surface area (Å²) in [4.78, 5) is 11.5. The summed E-state index contributed by atoms with van der Waals surface area (Å²) in [5.74, 6) is -0.0217. The van der Waals surface area contributed by atoms with Crippen LogP contribution in [0.2, 0.25) is 0 Å². The number of aryl methyl sites for hydroxylation is 1. The molecule has 3 N–H and O–H groups in total. The Morgan fingerprint density at radius 1 is 1.40 bits per heavy atom. The van der Waals surface area contributed by atoms with Crippen molar-refractivity contribution in [2.24, 2.45) is 5.73 Å². The third-order valence-electron chi connectivity index (χ3n) is 2.06. The first-order chi connectivity index (χ1) is 6.63. The molecule has 1 atom stereocenters. The topological polar surface area (TPSA) is 63.3 Å². The van der Waals surface area contributed by atoms with Gasteiger partial charge in [0, 0.05) is 18.0 Å². The molecule has 1 aromatic rings. The molecule has 0 spiro atoms. The van der Waals surface area contributed by atoms with E-state index in [1.807, 2.05) is 19.1 Å². The largest absolute Gasteiger partial charge is 0.395 e. The monoisotopic (exact) mass is 229 g/mol. The Labute approximate surface area is 95.7 Å². The summed E-state index contributed by atoms with van der Waals surface area (Å²) in [5, 5.41) is 8.70. The molecule has 0 fully saturated rings. The van der Waals surface area contributed by atoms with Gasteiger partial charge in [0.05, 0.1) is 6.61 Å². The molecule has 0 radical (unpaired) electrons. The number of carbonyl (C=O) groups is 1. The number of aliphatic hydroxyl groups excluding tert-OH is 1. The molecule has 1 rings (SSSR count). The van der Waals surface area contributed by atoms with Crippen molar-refractivity contribution in [3.63, 3.8) is 0 Å². The quantitative estimate of drug-likeness (QED) is 0.766. The van der Waals surface area contributed by atoms with Gasteiger partial charge in [-0.15, -0.1) is 12.4 Å². The van der Waals surface area contributed by atoms with Crippen LogP contribution in [-0.2, 0) is 0 Å². The summed E-state index contributed by atoms with van der Waals surface area (Å²) < 4.78 is 0. The van der Waals surface area contributed by atoms with Crippen LogP contribution in [0.5, 0.6) is 0 Å². The number of Topliss-reactive ketones (excluding diaryl/α,β-unsaturated/α-hetero) is 1. The Morgan fingerprint density at radius 2 is 1.93 bits per heavy atom. The van der Waals surface area contributed by atoms with Gasteiger partial charge in [-0.3, -0.25) is 4.79 Å². The number of halogens is 1. The Kier molecular flexibility index (Phi) is 6.17. The highest BCUT2D eigenvalue weighted by atomic mass is 35.5. The second-order valence-corrected chi connectivity index (χ2v) is 3.44. The Hall–Kier alpha value is -0.900. The maximum atomic E-state index is 11.5. The van der Waals surface area contributed by atoms with E-state index in [4.69, 9.17) is 10.8 Å². The molecule has 0 aliphatic heterocycles. The molecule has 0 aliphatic rings. The van der Waals surface area contributed by atoms with E-state index in [-0.39, 0.29) is 31.2 Å². The summed E-state index contributed by atoms with van der Waals surface area (Å²) in [6.07, 6.45) is 0.194. The summed E-state index contributed by atoms with van der Waals surface area (Å²) in [5.41, 5.74) is 7.24. The SMILES string of the molecule is Cc1ccc(C(=O)CC(N)CO)cc1.Cl. The van der Waals surface area contributed by atoms with Gasteiger partial charge in [-0.05, 0) is 6.92 Å². The van der Waals surface area contributed by atoms with Crippen LogP contribution < -0.4 is 5.73 Å². The second kappa shape index (κ2) is 6.56. The molecule has 0 saturated heterocycles. The Balaban J connectivity index is 0.00000196. The Bertz CT molecular complexity index is 311. The van der Waals surface area contributed by atoms with Crippen molar-refractivity contribution in [3.05, 3.63) is 35.4 Å². The molecule has 1 unspecified atom stereocenters. The molecule has 84 valence electrons. The molecule has 4 heteroatoms. The molecule has 15 heavy (non-hydrogen) atoms. The number of benzene rings is 1. The van der Waals surface area contributed by atoms with Gasteiger partial charge < -0.3 is 10.8 Å². The summed E-state index contributed by atoms with van der Waals surface area (Å²) >= 11 is 0. The fourth-order valence-electron chi connectivity index (χ4n) is 1.16. The Morgan fingerprint density at radius 3 is 2.40 bits per heavy atom. The van der Waals surface area contributed by atoms with Gasteiger partial charge in [-0.1, -0.05) is 29.8 Å². The van der Waals surface area contributed by atoms with Crippen LogP contribution in [-0.4, -0.2) is 23.5 Å². The summed E-state index contributed by atoms with van der Waals surface area (Å²) in [6, 6.07) is 6.88. The predicted octanol–water partition coefficient (Wildman–Crippen LogP) is 1.31. The first kappa shape index (κ1) is 14.1. The minimum Gasteiger partial charge on any atom is -0.395 e. The zero-order chi connectivity index (χ0) is 10.6. The van der Waals surface area contributed by atoms with Gasteiger partial charge >= 0.3 is 0 Å². The molecule has 3 nitrogen and oxygen atoms in total. The number of nitrogens with two attached hydrogens (primary N) is 1. The van der Waals surface area contributed by atoms with Crippen LogP contribution in [0.1, 0.15) is 22.3 Å². The number of aliphatic hydroxyl groups is 1. The highest BCUT2D eigenvalue weighted by Gasteiger charge is 2.10. The van der Waals surface area contributed by atoms with E-state index in [1.54, 1.807) is 12.1 Å². The summed E-state index contributed by atoms with van der Waals surface area (Å²) in [6.45, 7) is 1.81.